The van der Waals surface area contributed by atoms with Crippen LogP contribution in [0.3, 0.4) is 0 Å². The van der Waals surface area contributed by atoms with Crippen molar-refractivity contribution in [3.05, 3.63) is 44.7 Å². The van der Waals surface area contributed by atoms with E-state index in [2.05, 4.69) is 61.5 Å². The zero-order valence-corrected chi connectivity index (χ0v) is 10.6. The minimum Gasteiger partial charge on any atom is -0.144 e. The highest BCUT2D eigenvalue weighted by atomic mass is 79.9. The van der Waals surface area contributed by atoms with Gasteiger partial charge < -0.3 is 0 Å². The summed E-state index contributed by atoms with van der Waals surface area (Å²) in [4.78, 5) is 1.29. The standard InChI is InChI=1S/C10H6Br2S/c11-7-3-4-9(12)8(6-7)10-2-1-5-13-10/h1-6H. The third kappa shape index (κ3) is 2.03. The van der Waals surface area contributed by atoms with E-state index < -0.39 is 0 Å². The molecule has 0 aliphatic rings. The summed E-state index contributed by atoms with van der Waals surface area (Å²) < 4.78 is 2.25. The Labute approximate surface area is 97.9 Å². The fourth-order valence-corrected chi connectivity index (χ4v) is 2.83. The van der Waals surface area contributed by atoms with Crippen molar-refractivity contribution in [2.45, 2.75) is 0 Å². The SMILES string of the molecule is Brc1ccc(Br)c(-c2cccs2)c1. The normalized spacial score (nSPS) is 10.3. The molecule has 1 aromatic carbocycles. The highest BCUT2D eigenvalue weighted by molar-refractivity contribution is 9.11. The lowest BCUT2D eigenvalue weighted by atomic mass is 10.2. The Morgan fingerprint density at radius 1 is 1.08 bits per heavy atom. The first kappa shape index (κ1) is 9.44. The fraction of sp³-hybridized carbons (Fsp3) is 0. The molecule has 3 heteroatoms. The molecule has 0 amide bonds. The van der Waals surface area contributed by atoms with Gasteiger partial charge in [0.1, 0.15) is 0 Å². The summed E-state index contributed by atoms with van der Waals surface area (Å²) in [6, 6.07) is 10.4. The van der Waals surface area contributed by atoms with Gasteiger partial charge in [-0.2, -0.15) is 0 Å². The van der Waals surface area contributed by atoms with Crippen LogP contribution in [-0.2, 0) is 0 Å². The molecule has 0 nitrogen and oxygen atoms in total. The maximum Gasteiger partial charge on any atom is 0.0354 e. The van der Waals surface area contributed by atoms with Crippen molar-refractivity contribution in [2.24, 2.45) is 0 Å². The van der Waals surface area contributed by atoms with E-state index in [1.54, 1.807) is 11.3 Å². The van der Waals surface area contributed by atoms with Crippen molar-refractivity contribution in [1.29, 1.82) is 0 Å². The number of benzene rings is 1. The first-order valence-corrected chi connectivity index (χ1v) is 6.23. The van der Waals surface area contributed by atoms with Gasteiger partial charge >= 0.3 is 0 Å². The van der Waals surface area contributed by atoms with Crippen LogP contribution in [0.25, 0.3) is 10.4 Å². The first-order valence-electron chi connectivity index (χ1n) is 3.76. The molecule has 0 radical (unpaired) electrons. The molecule has 0 spiro atoms. The Hall–Kier alpha value is -0.120. The van der Waals surface area contributed by atoms with Gasteiger partial charge in [0.05, 0.1) is 0 Å². The molecule has 0 unspecified atom stereocenters. The minimum atomic E-state index is 1.11. The molecule has 0 saturated heterocycles. The third-order valence-electron chi connectivity index (χ3n) is 1.72. The second-order valence-electron chi connectivity index (χ2n) is 2.60. The summed E-state index contributed by atoms with van der Waals surface area (Å²) in [5.74, 6) is 0. The van der Waals surface area contributed by atoms with Crippen LogP contribution < -0.4 is 0 Å². The minimum absolute atomic E-state index is 1.11. The molecule has 13 heavy (non-hydrogen) atoms. The summed E-state index contributed by atoms with van der Waals surface area (Å²) in [6.07, 6.45) is 0. The number of hydrogen-bond acceptors (Lipinski definition) is 1. The Balaban J connectivity index is 2.57. The molecule has 0 saturated carbocycles. The van der Waals surface area contributed by atoms with Crippen LogP contribution in [-0.4, -0.2) is 0 Å². The molecule has 0 fully saturated rings. The molecule has 0 bridgehead atoms. The average Bonchev–Trinajstić information content (AvgIpc) is 2.61. The largest absolute Gasteiger partial charge is 0.144 e. The molecule has 0 aliphatic carbocycles. The van der Waals surface area contributed by atoms with Crippen LogP contribution >= 0.6 is 43.2 Å². The Morgan fingerprint density at radius 3 is 2.62 bits per heavy atom. The summed E-state index contributed by atoms with van der Waals surface area (Å²) in [6.45, 7) is 0. The molecular formula is C10H6Br2S. The number of hydrogen-bond donors (Lipinski definition) is 0. The Kier molecular flexibility index (Phi) is 2.86. The Bertz CT molecular complexity index is 407. The predicted octanol–water partition coefficient (Wildman–Crippen LogP) is 4.94. The van der Waals surface area contributed by atoms with Crippen LogP contribution in [0.4, 0.5) is 0 Å². The van der Waals surface area contributed by atoms with E-state index in [0.29, 0.717) is 0 Å². The van der Waals surface area contributed by atoms with E-state index in [9.17, 15) is 0 Å². The monoisotopic (exact) mass is 316 g/mol. The van der Waals surface area contributed by atoms with Crippen molar-refractivity contribution in [3.8, 4) is 10.4 Å². The van der Waals surface area contributed by atoms with Crippen molar-refractivity contribution < 1.29 is 0 Å². The highest BCUT2D eigenvalue weighted by Crippen LogP contribution is 2.33. The molecule has 1 heterocycles. The molecule has 2 aromatic rings. The molecule has 1 aromatic heterocycles. The lowest BCUT2D eigenvalue weighted by molar-refractivity contribution is 1.60. The van der Waals surface area contributed by atoms with E-state index in [-0.39, 0.29) is 0 Å². The molecule has 0 N–H and O–H groups in total. The fourth-order valence-electron chi connectivity index (χ4n) is 1.12. The maximum absolute atomic E-state index is 3.54. The van der Waals surface area contributed by atoms with E-state index in [1.807, 2.05) is 6.07 Å². The van der Waals surface area contributed by atoms with E-state index >= 15 is 0 Å². The van der Waals surface area contributed by atoms with Gasteiger partial charge in [-0.3, -0.25) is 0 Å². The number of halogens is 2. The lowest BCUT2D eigenvalue weighted by Crippen LogP contribution is -1.75. The van der Waals surface area contributed by atoms with Crippen molar-refractivity contribution in [2.75, 3.05) is 0 Å². The highest BCUT2D eigenvalue weighted by Gasteiger charge is 2.03. The molecule has 0 atom stereocenters. The van der Waals surface area contributed by atoms with Crippen LogP contribution in [0, 0.1) is 0 Å². The van der Waals surface area contributed by atoms with Crippen molar-refractivity contribution in [3.63, 3.8) is 0 Å². The van der Waals surface area contributed by atoms with Gasteiger partial charge in [-0.25, -0.2) is 0 Å². The van der Waals surface area contributed by atoms with Crippen molar-refractivity contribution >= 4 is 43.2 Å². The van der Waals surface area contributed by atoms with E-state index in [4.69, 9.17) is 0 Å². The second-order valence-corrected chi connectivity index (χ2v) is 5.32. The van der Waals surface area contributed by atoms with Gasteiger partial charge in [-0.1, -0.05) is 37.9 Å². The first-order chi connectivity index (χ1) is 6.27. The molecular weight excluding hydrogens is 312 g/mol. The topological polar surface area (TPSA) is 0 Å². The summed E-state index contributed by atoms with van der Waals surface area (Å²) in [7, 11) is 0. The van der Waals surface area contributed by atoms with Gasteiger partial charge in [0.15, 0.2) is 0 Å². The predicted molar refractivity (Wildman–Crippen MR) is 65.2 cm³/mol. The lowest BCUT2D eigenvalue weighted by Gasteiger charge is -2.01. The molecule has 0 aliphatic heterocycles. The van der Waals surface area contributed by atoms with Gasteiger partial charge in [0, 0.05) is 19.4 Å². The molecule has 2 rings (SSSR count). The van der Waals surface area contributed by atoms with E-state index in [0.717, 1.165) is 8.95 Å². The summed E-state index contributed by atoms with van der Waals surface area (Å²) >= 11 is 8.75. The van der Waals surface area contributed by atoms with Gasteiger partial charge in [-0.15, -0.1) is 11.3 Å². The maximum atomic E-state index is 3.54. The van der Waals surface area contributed by atoms with Gasteiger partial charge in [0.2, 0.25) is 0 Å². The van der Waals surface area contributed by atoms with Crippen LogP contribution in [0.15, 0.2) is 44.7 Å². The number of thiophene rings is 1. The summed E-state index contributed by atoms with van der Waals surface area (Å²) in [5.41, 5.74) is 1.24. The quantitative estimate of drug-likeness (QED) is 0.699. The molecule has 66 valence electrons. The summed E-state index contributed by atoms with van der Waals surface area (Å²) in [5, 5.41) is 2.09. The smallest absolute Gasteiger partial charge is 0.0354 e. The zero-order chi connectivity index (χ0) is 9.26. The number of rotatable bonds is 1. The zero-order valence-electron chi connectivity index (χ0n) is 6.63. The van der Waals surface area contributed by atoms with Crippen LogP contribution in [0.1, 0.15) is 0 Å². The van der Waals surface area contributed by atoms with Crippen LogP contribution in [0.5, 0.6) is 0 Å². The third-order valence-corrected chi connectivity index (χ3v) is 3.80. The average molecular weight is 318 g/mol. The van der Waals surface area contributed by atoms with Gasteiger partial charge in [0.25, 0.3) is 0 Å². The Morgan fingerprint density at radius 2 is 1.92 bits per heavy atom. The van der Waals surface area contributed by atoms with E-state index in [1.165, 1.54) is 10.4 Å². The van der Waals surface area contributed by atoms with Gasteiger partial charge in [-0.05, 0) is 29.6 Å². The second kappa shape index (κ2) is 3.95. The van der Waals surface area contributed by atoms with Crippen molar-refractivity contribution in [1.82, 2.24) is 0 Å². The van der Waals surface area contributed by atoms with Crippen LogP contribution in [0.2, 0.25) is 0 Å².